The van der Waals surface area contributed by atoms with E-state index in [0.717, 1.165) is 29.4 Å². The van der Waals surface area contributed by atoms with Gasteiger partial charge < -0.3 is 9.67 Å². The van der Waals surface area contributed by atoms with Gasteiger partial charge in [0.2, 0.25) is 0 Å². The molecule has 2 rings (SSSR count). The van der Waals surface area contributed by atoms with Gasteiger partial charge in [0.1, 0.15) is 0 Å². The number of hydrogen-bond donors (Lipinski definition) is 1. The zero-order valence-electron chi connectivity index (χ0n) is 9.53. The summed E-state index contributed by atoms with van der Waals surface area (Å²) in [5.74, 6) is -0.871. The molecule has 3 nitrogen and oxygen atoms in total. The maximum atomic E-state index is 10.9. The van der Waals surface area contributed by atoms with Gasteiger partial charge in [0.25, 0.3) is 0 Å². The van der Waals surface area contributed by atoms with E-state index in [1.165, 1.54) is 0 Å². The highest BCUT2D eigenvalue weighted by Gasteiger charge is 2.08. The molecule has 1 N–H and O–H groups in total. The van der Waals surface area contributed by atoms with Gasteiger partial charge in [0, 0.05) is 23.6 Å². The molecule has 0 aliphatic rings. The number of aromatic carboxylic acids is 1. The number of carboxylic acid groups (broad SMARTS) is 1. The van der Waals surface area contributed by atoms with Gasteiger partial charge in [-0.05, 0) is 37.1 Å². The van der Waals surface area contributed by atoms with E-state index in [2.05, 4.69) is 17.7 Å². The smallest absolute Gasteiger partial charge is 0.335 e. The molecule has 0 saturated carbocycles. The van der Waals surface area contributed by atoms with Gasteiger partial charge in [0.05, 0.1) is 5.56 Å². The number of carboxylic acids is 1. The van der Waals surface area contributed by atoms with Crippen molar-refractivity contribution < 1.29 is 9.90 Å². The van der Waals surface area contributed by atoms with Crippen LogP contribution in [0.25, 0.3) is 10.9 Å². The molecule has 0 aliphatic heterocycles. The molecule has 0 fully saturated rings. The lowest BCUT2D eigenvalue weighted by Gasteiger charge is -2.02. The second kappa shape index (κ2) is 4.00. The minimum atomic E-state index is -0.871. The number of rotatable bonds is 3. The Balaban J connectivity index is 2.61. The van der Waals surface area contributed by atoms with Crippen molar-refractivity contribution in [3.63, 3.8) is 0 Å². The van der Waals surface area contributed by atoms with Crippen LogP contribution in [0.4, 0.5) is 0 Å². The normalized spacial score (nSPS) is 10.9. The quantitative estimate of drug-likeness (QED) is 0.858. The van der Waals surface area contributed by atoms with Crippen LogP contribution < -0.4 is 0 Å². The van der Waals surface area contributed by atoms with Crippen LogP contribution in [0.3, 0.4) is 0 Å². The summed E-state index contributed by atoms with van der Waals surface area (Å²) in [6.07, 6.45) is 3.16. The van der Waals surface area contributed by atoms with E-state index in [0.29, 0.717) is 5.56 Å². The number of fused-ring (bicyclic) bond motifs is 1. The molecule has 1 aromatic carbocycles. The van der Waals surface area contributed by atoms with Gasteiger partial charge in [-0.2, -0.15) is 0 Å². The average Bonchev–Trinajstić information content (AvgIpc) is 2.56. The van der Waals surface area contributed by atoms with Crippen LogP contribution in [0.1, 0.15) is 29.3 Å². The summed E-state index contributed by atoms with van der Waals surface area (Å²) in [6, 6.07) is 5.30. The second-order valence-corrected chi connectivity index (χ2v) is 4.04. The topological polar surface area (TPSA) is 42.2 Å². The van der Waals surface area contributed by atoms with E-state index >= 15 is 0 Å². The molecule has 1 heterocycles. The first kappa shape index (κ1) is 10.7. The van der Waals surface area contributed by atoms with Gasteiger partial charge in [-0.3, -0.25) is 0 Å². The van der Waals surface area contributed by atoms with Crippen molar-refractivity contribution in [3.8, 4) is 0 Å². The first-order valence-electron chi connectivity index (χ1n) is 5.46. The lowest BCUT2D eigenvalue weighted by atomic mass is 10.1. The average molecular weight is 217 g/mol. The Morgan fingerprint density at radius 3 is 2.81 bits per heavy atom. The monoisotopic (exact) mass is 217 g/mol. The van der Waals surface area contributed by atoms with Crippen molar-refractivity contribution in [1.82, 2.24) is 4.57 Å². The summed E-state index contributed by atoms with van der Waals surface area (Å²) in [5.41, 5.74) is 2.60. The molecule has 0 spiro atoms. The number of hydrogen-bond acceptors (Lipinski definition) is 1. The zero-order chi connectivity index (χ0) is 11.7. The maximum Gasteiger partial charge on any atom is 0.335 e. The summed E-state index contributed by atoms with van der Waals surface area (Å²) in [5, 5.41) is 9.97. The number of aryl methyl sites for hydroxylation is 2. The Morgan fingerprint density at radius 2 is 2.19 bits per heavy atom. The second-order valence-electron chi connectivity index (χ2n) is 4.04. The third kappa shape index (κ3) is 1.69. The highest BCUT2D eigenvalue weighted by molar-refractivity contribution is 5.94. The van der Waals surface area contributed by atoms with Crippen LogP contribution in [-0.4, -0.2) is 15.6 Å². The Bertz CT molecular complexity index is 540. The third-order valence-electron chi connectivity index (χ3n) is 2.79. The van der Waals surface area contributed by atoms with Crippen molar-refractivity contribution in [2.24, 2.45) is 0 Å². The van der Waals surface area contributed by atoms with Crippen LogP contribution in [0, 0.1) is 6.92 Å². The van der Waals surface area contributed by atoms with Crippen LogP contribution in [0.5, 0.6) is 0 Å². The fraction of sp³-hybridized carbons (Fsp3) is 0.308. The standard InChI is InChI=1S/C13H15NO2/c1-3-6-14-8-9(2)11-7-10(13(15)16)4-5-12(11)14/h4-5,7-8H,3,6H2,1-2H3,(H,15,16). The lowest BCUT2D eigenvalue weighted by Crippen LogP contribution is -1.97. The van der Waals surface area contributed by atoms with Crippen molar-refractivity contribution in [2.45, 2.75) is 26.8 Å². The van der Waals surface area contributed by atoms with E-state index in [4.69, 9.17) is 5.11 Å². The third-order valence-corrected chi connectivity index (χ3v) is 2.79. The summed E-state index contributed by atoms with van der Waals surface area (Å²) in [4.78, 5) is 10.9. The van der Waals surface area contributed by atoms with Gasteiger partial charge in [-0.25, -0.2) is 4.79 Å². The van der Waals surface area contributed by atoms with E-state index in [1.807, 2.05) is 13.0 Å². The van der Waals surface area contributed by atoms with Gasteiger partial charge in [-0.15, -0.1) is 0 Å². The van der Waals surface area contributed by atoms with E-state index < -0.39 is 5.97 Å². The number of aromatic nitrogens is 1. The fourth-order valence-electron chi connectivity index (χ4n) is 2.03. The van der Waals surface area contributed by atoms with E-state index in [9.17, 15) is 4.79 Å². The van der Waals surface area contributed by atoms with Gasteiger partial charge in [-0.1, -0.05) is 6.92 Å². The fourth-order valence-corrected chi connectivity index (χ4v) is 2.03. The molecule has 84 valence electrons. The molecule has 0 aliphatic carbocycles. The lowest BCUT2D eigenvalue weighted by molar-refractivity contribution is 0.0697. The molecule has 3 heteroatoms. The van der Waals surface area contributed by atoms with Crippen molar-refractivity contribution in [2.75, 3.05) is 0 Å². The molecular formula is C13H15NO2. The van der Waals surface area contributed by atoms with Gasteiger partial charge in [0.15, 0.2) is 0 Å². The molecular weight excluding hydrogens is 202 g/mol. The molecule has 0 unspecified atom stereocenters. The maximum absolute atomic E-state index is 10.9. The zero-order valence-corrected chi connectivity index (χ0v) is 9.53. The van der Waals surface area contributed by atoms with Crippen LogP contribution in [-0.2, 0) is 6.54 Å². The van der Waals surface area contributed by atoms with Crippen molar-refractivity contribution in [3.05, 3.63) is 35.5 Å². The summed E-state index contributed by atoms with van der Waals surface area (Å²) >= 11 is 0. The largest absolute Gasteiger partial charge is 0.478 e. The predicted octanol–water partition coefficient (Wildman–Crippen LogP) is 3.06. The number of carbonyl (C=O) groups is 1. The number of benzene rings is 1. The predicted molar refractivity (Wildman–Crippen MR) is 63.9 cm³/mol. The molecule has 0 radical (unpaired) electrons. The SMILES string of the molecule is CCCn1cc(C)c2cc(C(=O)O)ccc21. The molecule has 0 atom stereocenters. The minimum absolute atomic E-state index is 0.352. The Kier molecular flexibility index (Phi) is 2.69. The summed E-state index contributed by atoms with van der Waals surface area (Å²) in [6.45, 7) is 5.11. The summed E-state index contributed by atoms with van der Waals surface area (Å²) in [7, 11) is 0. The summed E-state index contributed by atoms with van der Waals surface area (Å²) < 4.78 is 2.18. The highest BCUT2D eigenvalue weighted by atomic mass is 16.4. The molecule has 2 aromatic rings. The van der Waals surface area contributed by atoms with Crippen LogP contribution in [0.15, 0.2) is 24.4 Å². The molecule has 0 amide bonds. The Labute approximate surface area is 94.3 Å². The van der Waals surface area contributed by atoms with Crippen LogP contribution in [0.2, 0.25) is 0 Å². The Morgan fingerprint density at radius 1 is 1.44 bits per heavy atom. The highest BCUT2D eigenvalue weighted by Crippen LogP contribution is 2.22. The number of nitrogens with zero attached hydrogens (tertiary/aromatic N) is 1. The Hall–Kier alpha value is -1.77. The van der Waals surface area contributed by atoms with Crippen molar-refractivity contribution >= 4 is 16.9 Å². The van der Waals surface area contributed by atoms with Crippen LogP contribution >= 0.6 is 0 Å². The molecule has 0 saturated heterocycles. The first-order valence-corrected chi connectivity index (χ1v) is 5.46. The van der Waals surface area contributed by atoms with E-state index in [1.54, 1.807) is 12.1 Å². The first-order chi connectivity index (χ1) is 7.63. The molecule has 0 bridgehead atoms. The molecule has 1 aromatic heterocycles. The van der Waals surface area contributed by atoms with Crippen molar-refractivity contribution in [1.29, 1.82) is 0 Å². The molecule has 16 heavy (non-hydrogen) atoms. The van der Waals surface area contributed by atoms with Gasteiger partial charge >= 0.3 is 5.97 Å². The minimum Gasteiger partial charge on any atom is -0.478 e. The van der Waals surface area contributed by atoms with E-state index in [-0.39, 0.29) is 0 Å².